The fourth-order valence-electron chi connectivity index (χ4n) is 3.06. The van der Waals surface area contributed by atoms with Gasteiger partial charge in [0.05, 0.1) is 9.28 Å². The second kappa shape index (κ2) is 8.21. The highest BCUT2D eigenvalue weighted by molar-refractivity contribution is 14.1. The number of carbonyl (C=O) groups is 1. The van der Waals surface area contributed by atoms with Crippen LogP contribution in [-0.2, 0) is 4.79 Å². The molecule has 0 N–H and O–H groups in total. The molecule has 1 aliphatic rings. The summed E-state index contributed by atoms with van der Waals surface area (Å²) in [6.07, 6.45) is 0.858. The number of ketones is 1. The van der Waals surface area contributed by atoms with Crippen LogP contribution in [0.2, 0.25) is 0 Å². The van der Waals surface area contributed by atoms with Crippen molar-refractivity contribution in [3.8, 4) is 0 Å². The Labute approximate surface area is 180 Å². The second-order valence-corrected chi connectivity index (χ2v) is 8.31. The Bertz CT molecular complexity index is 933. The van der Waals surface area contributed by atoms with Crippen molar-refractivity contribution in [3.05, 3.63) is 80.3 Å². The molecule has 2 aromatic rings. The zero-order chi connectivity index (χ0) is 18.8. The number of nitrogens with zero attached hydrogens (tertiary/aromatic N) is 1. The first kappa shape index (κ1) is 19.5. The third kappa shape index (κ3) is 3.60. The second-order valence-electron chi connectivity index (χ2n) is 6.16. The van der Waals surface area contributed by atoms with Gasteiger partial charge in [-0.2, -0.15) is 0 Å². The molecule has 0 unspecified atom stereocenters. The third-order valence-electron chi connectivity index (χ3n) is 4.22. The van der Waals surface area contributed by atoms with Gasteiger partial charge in [0.1, 0.15) is 11.5 Å². The predicted octanol–water partition coefficient (Wildman–Crippen LogP) is 6.34. The van der Waals surface area contributed by atoms with Crippen LogP contribution in [0.3, 0.4) is 0 Å². The quantitative estimate of drug-likeness (QED) is 0.315. The summed E-state index contributed by atoms with van der Waals surface area (Å²) in [5, 5.41) is 0. The van der Waals surface area contributed by atoms with E-state index in [2.05, 4.69) is 58.2 Å². The molecule has 2 nitrogen and oxygen atoms in total. The lowest BCUT2D eigenvalue weighted by Crippen LogP contribution is -2.21. The summed E-state index contributed by atoms with van der Waals surface area (Å²) < 4.78 is 15.9. The summed E-state index contributed by atoms with van der Waals surface area (Å²) in [5.74, 6) is -0.347. The van der Waals surface area contributed by atoms with Gasteiger partial charge in [-0.25, -0.2) is 4.39 Å². The molecule has 0 atom stereocenters. The molecule has 0 fully saturated rings. The molecule has 5 heteroatoms. The highest BCUT2D eigenvalue weighted by Crippen LogP contribution is 2.44. The van der Waals surface area contributed by atoms with Gasteiger partial charge in [0.2, 0.25) is 5.78 Å². The van der Waals surface area contributed by atoms with Gasteiger partial charge in [-0.05, 0) is 76.2 Å². The molecule has 0 saturated carbocycles. The first-order chi connectivity index (χ1) is 12.5. The van der Waals surface area contributed by atoms with E-state index in [0.29, 0.717) is 27.1 Å². The minimum Gasteiger partial charge on any atom is -0.336 e. The van der Waals surface area contributed by atoms with Crippen LogP contribution in [0.25, 0.3) is 9.28 Å². The molecule has 0 aliphatic carbocycles. The van der Waals surface area contributed by atoms with Gasteiger partial charge in [0.15, 0.2) is 0 Å². The molecule has 0 amide bonds. The molecular formula is C21H18FI2NO. The van der Waals surface area contributed by atoms with Crippen molar-refractivity contribution in [2.75, 3.05) is 6.54 Å². The minimum atomic E-state index is -0.308. The van der Waals surface area contributed by atoms with Crippen molar-refractivity contribution in [2.45, 2.75) is 20.3 Å². The van der Waals surface area contributed by atoms with E-state index in [1.54, 1.807) is 18.2 Å². The van der Waals surface area contributed by atoms with Crippen LogP contribution in [0.15, 0.2) is 57.8 Å². The fourth-order valence-corrected chi connectivity index (χ4v) is 4.77. The molecule has 1 heterocycles. The van der Waals surface area contributed by atoms with Crippen molar-refractivity contribution >= 4 is 60.2 Å². The molecule has 2 aromatic carbocycles. The average Bonchev–Trinajstić information content (AvgIpc) is 2.86. The highest BCUT2D eigenvalue weighted by atomic mass is 127. The molecule has 3 rings (SSSR count). The smallest absolute Gasteiger partial charge is 0.218 e. The Morgan fingerprint density at radius 3 is 2.54 bits per heavy atom. The number of hydrogen-bond acceptors (Lipinski definition) is 2. The fraction of sp³-hybridized carbons (Fsp3) is 0.190. The predicted molar refractivity (Wildman–Crippen MR) is 121 cm³/mol. The van der Waals surface area contributed by atoms with E-state index in [9.17, 15) is 9.18 Å². The van der Waals surface area contributed by atoms with Crippen LogP contribution in [0.5, 0.6) is 0 Å². The molecule has 1 aliphatic heterocycles. The van der Waals surface area contributed by atoms with E-state index < -0.39 is 0 Å². The SMILES string of the molecule is CCCN1C(c2ccccc2F)=C(I)C(=O)/C1=C(\I)c1cccc(C)c1. The number of carbonyl (C=O) groups excluding carboxylic acids is 1. The lowest BCUT2D eigenvalue weighted by molar-refractivity contribution is -0.111. The lowest BCUT2D eigenvalue weighted by Gasteiger charge is -2.24. The number of hydrogen-bond donors (Lipinski definition) is 0. The molecule has 0 saturated heterocycles. The monoisotopic (exact) mass is 573 g/mol. The van der Waals surface area contributed by atoms with Crippen molar-refractivity contribution in [1.82, 2.24) is 4.90 Å². The molecule has 0 radical (unpaired) electrons. The Morgan fingerprint density at radius 2 is 1.88 bits per heavy atom. The first-order valence-corrected chi connectivity index (χ1v) is 10.5. The van der Waals surface area contributed by atoms with Gasteiger partial charge < -0.3 is 4.90 Å². The summed E-state index contributed by atoms with van der Waals surface area (Å²) >= 11 is 4.29. The minimum absolute atomic E-state index is 0.0387. The average molecular weight is 573 g/mol. The maximum atomic E-state index is 14.5. The van der Waals surface area contributed by atoms with Crippen molar-refractivity contribution in [2.24, 2.45) is 0 Å². The van der Waals surface area contributed by atoms with Crippen molar-refractivity contribution in [1.29, 1.82) is 0 Å². The summed E-state index contributed by atoms with van der Waals surface area (Å²) in [7, 11) is 0. The van der Waals surface area contributed by atoms with Gasteiger partial charge in [0.25, 0.3) is 0 Å². The highest BCUT2D eigenvalue weighted by Gasteiger charge is 2.37. The summed E-state index contributed by atoms with van der Waals surface area (Å²) in [6.45, 7) is 4.76. The summed E-state index contributed by atoms with van der Waals surface area (Å²) in [4.78, 5) is 15.1. The zero-order valence-electron chi connectivity index (χ0n) is 14.5. The normalized spacial score (nSPS) is 16.5. The van der Waals surface area contributed by atoms with E-state index in [-0.39, 0.29) is 11.6 Å². The number of allylic oxidation sites excluding steroid dienone is 1. The topological polar surface area (TPSA) is 20.3 Å². The van der Waals surface area contributed by atoms with E-state index in [0.717, 1.165) is 21.1 Å². The standard InChI is InChI=1S/C21H18FI2NO/c1-3-11-25-19(15-9-4-5-10-16(15)22)18(24)21(26)20(25)17(23)14-8-6-7-13(2)12-14/h4-10,12H,3,11H2,1-2H3/b20-17+. The maximum Gasteiger partial charge on any atom is 0.218 e. The Morgan fingerprint density at radius 1 is 1.15 bits per heavy atom. The molecule has 26 heavy (non-hydrogen) atoms. The molecule has 0 spiro atoms. The van der Waals surface area contributed by atoms with E-state index in [1.165, 1.54) is 6.07 Å². The first-order valence-electron chi connectivity index (χ1n) is 8.39. The lowest BCUT2D eigenvalue weighted by atomic mass is 10.1. The van der Waals surface area contributed by atoms with Gasteiger partial charge >= 0.3 is 0 Å². The largest absolute Gasteiger partial charge is 0.336 e. The maximum absolute atomic E-state index is 14.5. The van der Waals surface area contributed by atoms with Crippen molar-refractivity contribution in [3.63, 3.8) is 0 Å². The molecular weight excluding hydrogens is 555 g/mol. The van der Waals surface area contributed by atoms with E-state index in [1.807, 2.05) is 30.0 Å². The van der Waals surface area contributed by atoms with Crippen LogP contribution in [0.4, 0.5) is 4.39 Å². The van der Waals surface area contributed by atoms with E-state index >= 15 is 0 Å². The van der Waals surface area contributed by atoms with Crippen molar-refractivity contribution < 1.29 is 9.18 Å². The molecule has 134 valence electrons. The Kier molecular flexibility index (Phi) is 6.17. The Balaban J connectivity index is 2.19. The number of halogens is 3. The van der Waals surface area contributed by atoms with E-state index in [4.69, 9.17) is 0 Å². The number of benzene rings is 2. The van der Waals surface area contributed by atoms with Gasteiger partial charge in [-0.15, -0.1) is 0 Å². The van der Waals surface area contributed by atoms with Crippen LogP contribution in [0, 0.1) is 12.7 Å². The van der Waals surface area contributed by atoms with Crippen LogP contribution >= 0.6 is 45.2 Å². The molecule has 0 bridgehead atoms. The number of rotatable bonds is 4. The van der Waals surface area contributed by atoms with Gasteiger partial charge in [-0.1, -0.05) is 48.9 Å². The number of Topliss-reactive ketones (excluding diaryl/α,β-unsaturated/α-hetero) is 1. The third-order valence-corrected chi connectivity index (χ3v) is 6.35. The summed E-state index contributed by atoms with van der Waals surface area (Å²) in [5.41, 5.74) is 3.94. The van der Waals surface area contributed by atoms with Gasteiger partial charge in [0, 0.05) is 15.7 Å². The van der Waals surface area contributed by atoms with Crippen LogP contribution < -0.4 is 0 Å². The molecule has 0 aromatic heterocycles. The van der Waals surface area contributed by atoms with Gasteiger partial charge in [-0.3, -0.25) is 4.79 Å². The number of aryl methyl sites for hydroxylation is 1. The van der Waals surface area contributed by atoms with Crippen LogP contribution in [0.1, 0.15) is 30.0 Å². The Hall–Kier alpha value is -1.22. The zero-order valence-corrected chi connectivity index (χ0v) is 18.8. The summed E-state index contributed by atoms with van der Waals surface area (Å²) in [6, 6.07) is 14.7. The van der Waals surface area contributed by atoms with Crippen LogP contribution in [-0.4, -0.2) is 17.2 Å².